The summed E-state index contributed by atoms with van der Waals surface area (Å²) in [6.07, 6.45) is 2.80. The van der Waals surface area contributed by atoms with Crippen LogP contribution in [0.25, 0.3) is 6.08 Å². The van der Waals surface area contributed by atoms with Gasteiger partial charge in [-0.15, -0.1) is 0 Å². The van der Waals surface area contributed by atoms with E-state index in [4.69, 9.17) is 21.7 Å². The molecule has 0 unspecified atom stereocenters. The number of anilines is 1. The fourth-order valence-corrected chi connectivity index (χ4v) is 4.02. The first-order valence-electron chi connectivity index (χ1n) is 7.92. The predicted molar refractivity (Wildman–Crippen MR) is 104 cm³/mol. The summed E-state index contributed by atoms with van der Waals surface area (Å²) in [7, 11) is 0. The van der Waals surface area contributed by atoms with Crippen molar-refractivity contribution in [1.29, 1.82) is 0 Å². The van der Waals surface area contributed by atoms with E-state index in [2.05, 4.69) is 6.92 Å². The highest BCUT2D eigenvalue weighted by molar-refractivity contribution is 8.27. The van der Waals surface area contributed by atoms with Crippen molar-refractivity contribution < 1.29 is 14.3 Å². The van der Waals surface area contributed by atoms with Gasteiger partial charge in [0, 0.05) is 0 Å². The molecule has 4 nitrogen and oxygen atoms in total. The number of fused-ring (bicyclic) bond motifs is 1. The van der Waals surface area contributed by atoms with Crippen LogP contribution in [0.3, 0.4) is 0 Å². The topological polar surface area (TPSA) is 38.8 Å². The summed E-state index contributed by atoms with van der Waals surface area (Å²) in [4.78, 5) is 15.0. The normalized spacial score (nSPS) is 17.6. The highest BCUT2D eigenvalue weighted by Gasteiger charge is 2.33. The number of amides is 1. The summed E-state index contributed by atoms with van der Waals surface area (Å²) in [6, 6.07) is 13.5. The van der Waals surface area contributed by atoms with Crippen molar-refractivity contribution >= 4 is 46.0 Å². The molecule has 0 saturated carbocycles. The molecule has 25 heavy (non-hydrogen) atoms. The summed E-state index contributed by atoms with van der Waals surface area (Å²) >= 11 is 6.73. The van der Waals surface area contributed by atoms with Crippen molar-refractivity contribution in [2.75, 3.05) is 11.7 Å². The SMILES string of the molecule is CCc1ccc(N2C(=O)C(=Cc3ccc4c(c3)OCO4)SC2=S)cc1. The number of benzene rings is 2. The van der Waals surface area contributed by atoms with Crippen LogP contribution < -0.4 is 14.4 Å². The molecule has 0 N–H and O–H groups in total. The molecule has 4 rings (SSSR count). The minimum absolute atomic E-state index is 0.100. The average Bonchev–Trinajstić information content (AvgIpc) is 3.19. The zero-order valence-electron chi connectivity index (χ0n) is 13.5. The summed E-state index contributed by atoms with van der Waals surface area (Å²) < 4.78 is 11.2. The van der Waals surface area contributed by atoms with Crippen LogP contribution in [0.4, 0.5) is 5.69 Å². The van der Waals surface area contributed by atoms with Crippen LogP contribution in [0, 0.1) is 0 Å². The van der Waals surface area contributed by atoms with Gasteiger partial charge >= 0.3 is 0 Å². The van der Waals surface area contributed by atoms with Gasteiger partial charge in [0.25, 0.3) is 5.91 Å². The Labute approximate surface area is 155 Å². The monoisotopic (exact) mass is 369 g/mol. The van der Waals surface area contributed by atoms with Gasteiger partial charge in [0.2, 0.25) is 6.79 Å². The van der Waals surface area contributed by atoms with E-state index in [1.54, 1.807) is 4.90 Å². The van der Waals surface area contributed by atoms with Gasteiger partial charge < -0.3 is 9.47 Å². The summed E-state index contributed by atoms with van der Waals surface area (Å²) in [5.41, 5.74) is 2.91. The van der Waals surface area contributed by atoms with Gasteiger partial charge in [-0.1, -0.05) is 49.1 Å². The van der Waals surface area contributed by atoms with Gasteiger partial charge in [0.1, 0.15) is 0 Å². The fraction of sp³-hybridized carbons (Fsp3) is 0.158. The molecule has 1 amide bonds. The van der Waals surface area contributed by atoms with Crippen LogP contribution in [0.5, 0.6) is 11.5 Å². The Morgan fingerprint density at radius 2 is 1.92 bits per heavy atom. The molecule has 126 valence electrons. The number of aryl methyl sites for hydroxylation is 1. The third-order valence-corrected chi connectivity index (χ3v) is 5.39. The molecule has 2 aromatic rings. The average molecular weight is 369 g/mol. The lowest BCUT2D eigenvalue weighted by Crippen LogP contribution is -2.27. The van der Waals surface area contributed by atoms with Crippen molar-refractivity contribution in [2.45, 2.75) is 13.3 Å². The quantitative estimate of drug-likeness (QED) is 0.593. The molecular formula is C19H15NO3S2. The van der Waals surface area contributed by atoms with E-state index in [1.807, 2.05) is 48.5 Å². The summed E-state index contributed by atoms with van der Waals surface area (Å²) in [6.45, 7) is 2.33. The van der Waals surface area contributed by atoms with E-state index in [0.717, 1.165) is 23.4 Å². The molecule has 6 heteroatoms. The molecule has 1 saturated heterocycles. The third-order valence-electron chi connectivity index (χ3n) is 4.09. The second-order valence-corrected chi connectivity index (χ2v) is 7.33. The number of carbonyl (C=O) groups is 1. The molecule has 0 spiro atoms. The number of nitrogens with zero attached hydrogens (tertiary/aromatic N) is 1. The minimum atomic E-state index is -0.100. The molecule has 1 fully saturated rings. The Morgan fingerprint density at radius 3 is 2.68 bits per heavy atom. The first-order chi connectivity index (χ1) is 12.2. The van der Waals surface area contributed by atoms with Gasteiger partial charge in [-0.05, 0) is 47.9 Å². The maximum atomic E-state index is 12.8. The van der Waals surface area contributed by atoms with E-state index in [9.17, 15) is 4.79 Å². The van der Waals surface area contributed by atoms with Crippen molar-refractivity contribution in [1.82, 2.24) is 0 Å². The smallest absolute Gasteiger partial charge is 0.270 e. The number of rotatable bonds is 3. The summed E-state index contributed by atoms with van der Waals surface area (Å²) in [5.74, 6) is 1.32. The van der Waals surface area contributed by atoms with E-state index >= 15 is 0 Å². The lowest BCUT2D eigenvalue weighted by atomic mass is 10.1. The third kappa shape index (κ3) is 3.03. The van der Waals surface area contributed by atoms with Gasteiger partial charge in [-0.25, -0.2) is 0 Å². The Balaban J connectivity index is 1.62. The molecule has 0 atom stereocenters. The van der Waals surface area contributed by atoms with Gasteiger partial charge in [0.05, 0.1) is 10.6 Å². The van der Waals surface area contributed by atoms with E-state index < -0.39 is 0 Å². The zero-order valence-corrected chi connectivity index (χ0v) is 15.2. The maximum Gasteiger partial charge on any atom is 0.270 e. The van der Waals surface area contributed by atoms with Crippen LogP contribution in [0.2, 0.25) is 0 Å². The lowest BCUT2D eigenvalue weighted by Gasteiger charge is -2.14. The highest BCUT2D eigenvalue weighted by Crippen LogP contribution is 2.38. The number of hydrogen-bond donors (Lipinski definition) is 0. The van der Waals surface area contributed by atoms with Gasteiger partial charge in [-0.3, -0.25) is 9.69 Å². The molecule has 2 aliphatic rings. The van der Waals surface area contributed by atoms with Crippen LogP contribution in [-0.2, 0) is 11.2 Å². The molecule has 2 aromatic carbocycles. The molecule has 0 radical (unpaired) electrons. The van der Waals surface area contributed by atoms with Crippen molar-refractivity contribution in [2.24, 2.45) is 0 Å². The molecule has 0 aromatic heterocycles. The number of carbonyl (C=O) groups excluding carboxylic acids is 1. The Hall–Kier alpha value is -2.31. The number of ether oxygens (including phenoxy) is 2. The minimum Gasteiger partial charge on any atom is -0.454 e. The molecule has 0 bridgehead atoms. The number of thiocarbonyl (C=S) groups is 1. The molecule has 2 aliphatic heterocycles. The lowest BCUT2D eigenvalue weighted by molar-refractivity contribution is -0.113. The Morgan fingerprint density at radius 1 is 1.16 bits per heavy atom. The van der Waals surface area contributed by atoms with Gasteiger partial charge in [0.15, 0.2) is 15.8 Å². The Kier molecular flexibility index (Phi) is 4.23. The predicted octanol–water partition coefficient (Wildman–Crippen LogP) is 4.38. The first kappa shape index (κ1) is 16.2. The van der Waals surface area contributed by atoms with Crippen molar-refractivity contribution in [3.05, 3.63) is 58.5 Å². The number of thioether (sulfide) groups is 1. The largest absolute Gasteiger partial charge is 0.454 e. The fourth-order valence-electron chi connectivity index (χ4n) is 2.73. The second kappa shape index (κ2) is 6.54. The number of hydrogen-bond acceptors (Lipinski definition) is 5. The van der Waals surface area contributed by atoms with Crippen molar-refractivity contribution in [3.8, 4) is 11.5 Å². The maximum absolute atomic E-state index is 12.8. The standard InChI is InChI=1S/C19H15NO3S2/c1-2-12-3-6-14(7-4-12)20-18(21)17(25-19(20)24)10-13-5-8-15-16(9-13)23-11-22-15/h3-10H,2,11H2,1H3. The Bertz CT molecular complexity index is 890. The van der Waals surface area contributed by atoms with Crippen LogP contribution in [0.1, 0.15) is 18.1 Å². The molecular weight excluding hydrogens is 354 g/mol. The highest BCUT2D eigenvalue weighted by atomic mass is 32.2. The van der Waals surface area contributed by atoms with E-state index in [0.29, 0.717) is 15.0 Å². The van der Waals surface area contributed by atoms with Gasteiger partial charge in [-0.2, -0.15) is 0 Å². The van der Waals surface area contributed by atoms with Crippen molar-refractivity contribution in [3.63, 3.8) is 0 Å². The zero-order chi connectivity index (χ0) is 17.4. The second-order valence-electron chi connectivity index (χ2n) is 5.65. The molecule has 0 aliphatic carbocycles. The summed E-state index contributed by atoms with van der Waals surface area (Å²) in [5, 5.41) is 0. The van der Waals surface area contributed by atoms with Crippen LogP contribution >= 0.6 is 24.0 Å². The molecule has 2 heterocycles. The van der Waals surface area contributed by atoms with Crippen LogP contribution in [0.15, 0.2) is 47.4 Å². The van der Waals surface area contributed by atoms with Crippen LogP contribution in [-0.4, -0.2) is 17.0 Å². The first-order valence-corrected chi connectivity index (χ1v) is 9.15. The van der Waals surface area contributed by atoms with E-state index in [1.165, 1.54) is 17.3 Å². The van der Waals surface area contributed by atoms with E-state index in [-0.39, 0.29) is 12.7 Å².